The Kier molecular flexibility index (Phi) is 4.13. The van der Waals surface area contributed by atoms with Crippen LogP contribution < -0.4 is 4.72 Å². The number of nitrogens with zero attached hydrogens (tertiary/aromatic N) is 1. The Hall–Kier alpha value is -1.91. The highest BCUT2D eigenvalue weighted by molar-refractivity contribution is 7.93. The van der Waals surface area contributed by atoms with Crippen molar-refractivity contribution in [2.24, 2.45) is 0 Å². The molecule has 0 unspecified atom stereocenters. The molecule has 1 aromatic carbocycles. The van der Waals surface area contributed by atoms with Crippen LogP contribution in [0.1, 0.15) is 0 Å². The maximum Gasteiger partial charge on any atom is 0.266 e. The average Bonchev–Trinajstić information content (AvgIpc) is 3.14. The van der Waals surface area contributed by atoms with E-state index in [1.165, 1.54) is 11.3 Å². The van der Waals surface area contributed by atoms with Gasteiger partial charge >= 0.3 is 0 Å². The fourth-order valence-corrected chi connectivity index (χ4v) is 4.54. The van der Waals surface area contributed by atoms with Gasteiger partial charge in [0.05, 0.1) is 10.6 Å². The van der Waals surface area contributed by atoms with Crippen LogP contribution in [-0.4, -0.2) is 13.4 Å². The zero-order chi connectivity index (χ0) is 16.6. The molecule has 23 heavy (non-hydrogen) atoms. The van der Waals surface area contributed by atoms with Crippen LogP contribution in [0, 0.1) is 17.5 Å². The zero-order valence-corrected chi connectivity index (χ0v) is 13.5. The molecule has 0 spiro atoms. The number of nitrogens with one attached hydrogen (secondary N) is 1. The molecular formula is C13H7F3N2O2S3. The second-order valence-electron chi connectivity index (χ2n) is 4.29. The maximum atomic E-state index is 13.6. The van der Waals surface area contributed by atoms with Crippen molar-refractivity contribution < 1.29 is 21.6 Å². The lowest BCUT2D eigenvalue weighted by Gasteiger charge is -2.07. The summed E-state index contributed by atoms with van der Waals surface area (Å²) in [6, 6.07) is 4.84. The van der Waals surface area contributed by atoms with Crippen molar-refractivity contribution in [1.82, 2.24) is 4.98 Å². The van der Waals surface area contributed by atoms with Crippen LogP contribution in [0.5, 0.6) is 0 Å². The third-order valence-corrected chi connectivity index (χ3v) is 5.92. The summed E-state index contributed by atoms with van der Waals surface area (Å²) in [6.07, 6.45) is 0. The molecule has 0 saturated carbocycles. The van der Waals surface area contributed by atoms with Crippen LogP contribution in [0.3, 0.4) is 0 Å². The summed E-state index contributed by atoms with van der Waals surface area (Å²) < 4.78 is 66.0. The predicted octanol–water partition coefficient (Wildman–Crippen LogP) is 4.09. The van der Waals surface area contributed by atoms with Gasteiger partial charge in [-0.15, -0.1) is 22.7 Å². The predicted molar refractivity (Wildman–Crippen MR) is 82.6 cm³/mol. The van der Waals surface area contributed by atoms with Gasteiger partial charge in [-0.3, -0.25) is 4.72 Å². The minimum Gasteiger partial charge on any atom is -0.255 e. The van der Waals surface area contributed by atoms with Gasteiger partial charge in [0.2, 0.25) is 0 Å². The molecule has 0 fully saturated rings. The van der Waals surface area contributed by atoms with Crippen LogP contribution >= 0.6 is 22.7 Å². The molecule has 120 valence electrons. The Morgan fingerprint density at radius 2 is 1.83 bits per heavy atom. The molecule has 0 aliphatic heterocycles. The SMILES string of the molecule is O=S(=O)(Nc1nc(-c2cccs2)cs1)c1ccc(F)c(F)c1F. The quantitative estimate of drug-likeness (QED) is 0.698. The largest absolute Gasteiger partial charge is 0.266 e. The summed E-state index contributed by atoms with van der Waals surface area (Å²) in [7, 11) is -4.42. The lowest BCUT2D eigenvalue weighted by atomic mass is 10.3. The smallest absolute Gasteiger partial charge is 0.255 e. The molecule has 4 nitrogen and oxygen atoms in total. The van der Waals surface area contributed by atoms with E-state index in [4.69, 9.17) is 0 Å². The Balaban J connectivity index is 1.92. The highest BCUT2D eigenvalue weighted by Crippen LogP contribution is 2.30. The van der Waals surface area contributed by atoms with Gasteiger partial charge in [-0.2, -0.15) is 0 Å². The second kappa shape index (κ2) is 5.95. The van der Waals surface area contributed by atoms with Crippen molar-refractivity contribution in [3.05, 3.63) is 52.5 Å². The number of anilines is 1. The molecule has 3 aromatic rings. The highest BCUT2D eigenvalue weighted by atomic mass is 32.2. The van der Waals surface area contributed by atoms with Crippen molar-refractivity contribution in [1.29, 1.82) is 0 Å². The highest BCUT2D eigenvalue weighted by Gasteiger charge is 2.25. The molecule has 3 rings (SSSR count). The van der Waals surface area contributed by atoms with Crippen molar-refractivity contribution >= 4 is 37.8 Å². The number of thiophene rings is 1. The normalized spacial score (nSPS) is 11.6. The van der Waals surface area contributed by atoms with Gasteiger partial charge in [0, 0.05) is 5.38 Å². The van der Waals surface area contributed by atoms with Gasteiger partial charge in [-0.05, 0) is 23.6 Å². The van der Waals surface area contributed by atoms with Gasteiger partial charge in [-0.25, -0.2) is 26.6 Å². The molecule has 2 aromatic heterocycles. The lowest BCUT2D eigenvalue weighted by Crippen LogP contribution is -2.15. The number of rotatable bonds is 4. The van der Waals surface area contributed by atoms with Crippen molar-refractivity contribution in [3.8, 4) is 10.6 Å². The Bertz CT molecular complexity index is 953. The summed E-state index contributed by atoms with van der Waals surface area (Å²) in [5.74, 6) is -5.07. The number of halogens is 3. The fraction of sp³-hybridized carbons (Fsp3) is 0. The summed E-state index contributed by atoms with van der Waals surface area (Å²) in [5, 5.41) is 3.47. The first-order valence-electron chi connectivity index (χ1n) is 6.04. The van der Waals surface area contributed by atoms with Gasteiger partial charge in [0.1, 0.15) is 4.90 Å². The lowest BCUT2D eigenvalue weighted by molar-refractivity contribution is 0.432. The van der Waals surface area contributed by atoms with E-state index in [9.17, 15) is 21.6 Å². The summed E-state index contributed by atoms with van der Waals surface area (Å²) >= 11 is 2.42. The first-order chi connectivity index (χ1) is 10.9. The first kappa shape index (κ1) is 16.0. The van der Waals surface area contributed by atoms with Gasteiger partial charge in [0.25, 0.3) is 10.0 Å². The Morgan fingerprint density at radius 1 is 1.04 bits per heavy atom. The number of hydrogen-bond donors (Lipinski definition) is 1. The molecule has 0 radical (unpaired) electrons. The van der Waals surface area contributed by atoms with Crippen LogP contribution in [0.15, 0.2) is 39.9 Å². The van der Waals surface area contributed by atoms with E-state index in [-0.39, 0.29) is 5.13 Å². The van der Waals surface area contributed by atoms with E-state index in [2.05, 4.69) is 9.71 Å². The zero-order valence-electron chi connectivity index (χ0n) is 11.1. The van der Waals surface area contributed by atoms with E-state index in [1.807, 2.05) is 17.5 Å². The molecule has 1 N–H and O–H groups in total. The summed E-state index contributed by atoms with van der Waals surface area (Å²) in [6.45, 7) is 0. The molecular weight excluding hydrogens is 369 g/mol. The van der Waals surface area contributed by atoms with Crippen LogP contribution in [0.4, 0.5) is 18.3 Å². The molecule has 10 heteroatoms. The molecule has 0 aliphatic carbocycles. The minimum atomic E-state index is -4.42. The van der Waals surface area contributed by atoms with E-state index in [0.29, 0.717) is 17.8 Å². The van der Waals surface area contributed by atoms with E-state index in [0.717, 1.165) is 16.2 Å². The van der Waals surface area contributed by atoms with Crippen LogP contribution in [-0.2, 0) is 10.0 Å². The van der Waals surface area contributed by atoms with Gasteiger partial charge in [-0.1, -0.05) is 6.07 Å². The maximum absolute atomic E-state index is 13.6. The molecule has 0 amide bonds. The van der Waals surface area contributed by atoms with E-state index >= 15 is 0 Å². The van der Waals surface area contributed by atoms with Gasteiger partial charge < -0.3 is 0 Å². The number of aromatic nitrogens is 1. The topological polar surface area (TPSA) is 59.1 Å². The Labute approximate surface area is 137 Å². The average molecular weight is 376 g/mol. The van der Waals surface area contributed by atoms with Crippen molar-refractivity contribution in [2.75, 3.05) is 4.72 Å². The first-order valence-corrected chi connectivity index (χ1v) is 9.28. The van der Waals surface area contributed by atoms with Crippen LogP contribution in [0.25, 0.3) is 10.6 Å². The number of hydrogen-bond acceptors (Lipinski definition) is 5. The third kappa shape index (κ3) is 3.09. The standard InChI is InChI=1S/C13H7F3N2O2S3/c14-7-3-4-10(12(16)11(7)15)23(19,20)18-13-17-8(6-22-13)9-2-1-5-21-9/h1-6H,(H,17,18). The summed E-state index contributed by atoms with van der Waals surface area (Å²) in [4.78, 5) is 3.94. The Morgan fingerprint density at radius 3 is 2.52 bits per heavy atom. The van der Waals surface area contributed by atoms with Crippen molar-refractivity contribution in [3.63, 3.8) is 0 Å². The molecule has 2 heterocycles. The van der Waals surface area contributed by atoms with Crippen molar-refractivity contribution in [2.45, 2.75) is 4.90 Å². The number of benzene rings is 1. The van der Waals surface area contributed by atoms with Gasteiger partial charge in [0.15, 0.2) is 22.6 Å². The fourth-order valence-electron chi connectivity index (χ4n) is 1.74. The van der Waals surface area contributed by atoms with E-state index in [1.54, 1.807) is 5.38 Å². The third-order valence-electron chi connectivity index (χ3n) is 2.79. The minimum absolute atomic E-state index is 0.00228. The molecule has 0 bridgehead atoms. The summed E-state index contributed by atoms with van der Waals surface area (Å²) in [5.41, 5.74) is 0.563. The second-order valence-corrected chi connectivity index (χ2v) is 7.75. The number of thiazole rings is 1. The van der Waals surface area contributed by atoms with E-state index < -0.39 is 32.4 Å². The van der Waals surface area contributed by atoms with Crippen LogP contribution in [0.2, 0.25) is 0 Å². The molecule has 0 atom stereocenters. The monoisotopic (exact) mass is 376 g/mol. The molecule has 0 saturated heterocycles. The number of sulfonamides is 1. The molecule has 0 aliphatic rings.